The van der Waals surface area contributed by atoms with Gasteiger partial charge < -0.3 is 15.2 Å². The van der Waals surface area contributed by atoms with E-state index in [9.17, 15) is 34.9 Å². The molecule has 25 nitrogen and oxygen atoms in total. The molecule has 31 heteroatoms. The summed E-state index contributed by atoms with van der Waals surface area (Å²) >= 11 is 0.766. The van der Waals surface area contributed by atoms with Crippen molar-refractivity contribution in [2.75, 3.05) is 43.0 Å². The van der Waals surface area contributed by atoms with Crippen molar-refractivity contribution < 1.29 is 91.9 Å². The fourth-order valence-corrected chi connectivity index (χ4v) is 8.76. The fourth-order valence-electron chi connectivity index (χ4n) is 4.85. The smallest absolute Gasteiger partial charge is 0.283 e. The van der Waals surface area contributed by atoms with Crippen LogP contribution in [0.4, 0.5) is 28.4 Å². The molecule has 0 aliphatic carbocycles. The normalized spacial score (nSPS) is 12.6. The monoisotopic (exact) mass is 961 g/mol. The molecule has 0 saturated carbocycles. The highest BCUT2D eigenvalue weighted by Gasteiger charge is 2.23. The molecule has 0 heterocycles. The van der Waals surface area contributed by atoms with E-state index in [1.807, 2.05) is 0 Å². The number of rotatable bonds is 25. The van der Waals surface area contributed by atoms with E-state index in [1.54, 1.807) is 0 Å². The molecule has 6 N–H and O–H groups in total. The van der Waals surface area contributed by atoms with Crippen LogP contribution in [0.5, 0.6) is 11.5 Å². The van der Waals surface area contributed by atoms with Gasteiger partial charge in [0.2, 0.25) is 0 Å². The van der Waals surface area contributed by atoms with Crippen LogP contribution in [-0.4, -0.2) is 88.4 Å². The molecule has 60 heavy (non-hydrogen) atoms. The molecular formula is C29H31N5O20S6. The molecular weight excluding hydrogens is 931 g/mol. The van der Waals surface area contributed by atoms with Crippen LogP contribution >= 0.6 is 36.7 Å². The second-order valence-electron chi connectivity index (χ2n) is 11.1. The number of phenols is 1. The van der Waals surface area contributed by atoms with Crippen molar-refractivity contribution in [3.63, 3.8) is 0 Å². The van der Waals surface area contributed by atoms with Gasteiger partial charge in [0.1, 0.15) is 28.7 Å². The van der Waals surface area contributed by atoms with Crippen LogP contribution < -0.4 is 10.1 Å². The molecule has 328 valence electrons. The van der Waals surface area contributed by atoms with Crippen LogP contribution in [0.3, 0.4) is 0 Å². The van der Waals surface area contributed by atoms with Crippen molar-refractivity contribution >= 4 is 106 Å². The number of fused-ring (bicyclic) bond motifs is 1. The number of aryl methyl sites for hydroxylation is 1. The standard InChI is InChI=1S/C29H31N5O20S6/c1-17-13-23(24(46-2)15-26(17)59(41,42)12-10-48-57-54-51-38)32-34-28-25(55-52-49-36)14-21-20(29(28)35)7-8-22(30-16-60(43,44)45)27(21)33-31-18-3-5-19(6-4-18)58(39,40)11-9-47-56-53-50-37/h3-8,13-15,30,35-38H,9-12,16H2,1-2H3,(H,43,44,45). The van der Waals surface area contributed by atoms with Crippen molar-refractivity contribution in [3.05, 3.63) is 60.2 Å². The molecule has 4 aromatic rings. The number of nitrogens with zero attached hydrogens (tertiary/aromatic N) is 4. The minimum atomic E-state index is -4.57. The van der Waals surface area contributed by atoms with Gasteiger partial charge in [-0.05, 0) is 61.0 Å². The lowest BCUT2D eigenvalue weighted by molar-refractivity contribution is -0.434. The van der Waals surface area contributed by atoms with Gasteiger partial charge in [-0.3, -0.25) is 12.9 Å². The molecule has 0 radical (unpaired) electrons. The summed E-state index contributed by atoms with van der Waals surface area (Å²) in [6.07, 6.45) is 0. The molecule has 0 aliphatic rings. The van der Waals surface area contributed by atoms with Gasteiger partial charge in [-0.25, -0.2) is 32.6 Å². The largest absolute Gasteiger partial charge is 0.505 e. The van der Waals surface area contributed by atoms with E-state index >= 15 is 0 Å². The maximum absolute atomic E-state index is 13.0. The highest BCUT2D eigenvalue weighted by Crippen LogP contribution is 2.48. The van der Waals surface area contributed by atoms with Gasteiger partial charge in [0.15, 0.2) is 50.1 Å². The molecule has 0 bridgehead atoms. The van der Waals surface area contributed by atoms with Gasteiger partial charge in [-0.2, -0.15) is 13.5 Å². The Balaban J connectivity index is 1.75. The van der Waals surface area contributed by atoms with Gasteiger partial charge in [0.25, 0.3) is 10.1 Å². The molecule has 4 rings (SSSR count). The predicted molar refractivity (Wildman–Crippen MR) is 210 cm³/mol. The average Bonchev–Trinajstić information content (AvgIpc) is 3.20. The number of nitrogens with one attached hydrogen (secondary N) is 1. The number of hydrogen-bond donors (Lipinski definition) is 6. The molecule has 0 saturated heterocycles. The minimum Gasteiger partial charge on any atom is -0.505 e. The highest BCUT2D eigenvalue weighted by molar-refractivity contribution is 7.94. The van der Waals surface area contributed by atoms with E-state index in [-0.39, 0.29) is 103 Å². The van der Waals surface area contributed by atoms with Crippen molar-refractivity contribution in [3.8, 4) is 11.5 Å². The van der Waals surface area contributed by atoms with E-state index in [0.717, 1.165) is 0 Å². The van der Waals surface area contributed by atoms with Gasteiger partial charge >= 0.3 is 0 Å². The van der Waals surface area contributed by atoms with Crippen molar-refractivity contribution in [1.29, 1.82) is 0 Å². The van der Waals surface area contributed by atoms with E-state index in [0.29, 0.717) is 12.0 Å². The third-order valence-corrected chi connectivity index (χ3v) is 12.8. The molecule has 0 spiro atoms. The average molecular weight is 962 g/mol. The number of sulfone groups is 2. The number of benzene rings is 4. The summed E-state index contributed by atoms with van der Waals surface area (Å²) in [4.78, 5) is -0.323. The summed E-state index contributed by atoms with van der Waals surface area (Å²) in [6, 6.07) is 11.6. The number of aromatic hydroxyl groups is 1. The summed E-state index contributed by atoms with van der Waals surface area (Å²) in [5.74, 6) is -2.55. The van der Waals surface area contributed by atoms with E-state index in [2.05, 4.69) is 53.9 Å². The number of phenolic OH excluding ortho intramolecular Hbond substituents is 1. The Morgan fingerprint density at radius 3 is 1.93 bits per heavy atom. The van der Waals surface area contributed by atoms with Gasteiger partial charge in [-0.15, -0.1) is 28.3 Å². The lowest BCUT2D eigenvalue weighted by Gasteiger charge is -2.14. The molecule has 0 atom stereocenters. The second kappa shape index (κ2) is 22.8. The topological polar surface area (TPSA) is 348 Å². The molecule has 0 amide bonds. The van der Waals surface area contributed by atoms with Gasteiger partial charge in [0, 0.05) is 16.8 Å². The summed E-state index contributed by atoms with van der Waals surface area (Å²) < 4.78 is 112. The zero-order valence-corrected chi connectivity index (χ0v) is 35.2. The van der Waals surface area contributed by atoms with Crippen molar-refractivity contribution in [2.45, 2.75) is 21.6 Å². The molecule has 0 fully saturated rings. The maximum atomic E-state index is 13.0. The van der Waals surface area contributed by atoms with Crippen LogP contribution in [0.15, 0.2) is 89.7 Å². The molecule has 0 aliphatic heterocycles. The fraction of sp³-hybridized carbons (Fsp3) is 0.241. The van der Waals surface area contributed by atoms with Crippen LogP contribution in [0.25, 0.3) is 10.8 Å². The van der Waals surface area contributed by atoms with Crippen molar-refractivity contribution in [2.24, 2.45) is 20.5 Å². The lowest BCUT2D eigenvalue weighted by atomic mass is 10.1. The van der Waals surface area contributed by atoms with Crippen LogP contribution in [0, 0.1) is 6.92 Å². The predicted octanol–water partition coefficient (Wildman–Crippen LogP) is 6.93. The number of anilines is 1. The quantitative estimate of drug-likeness (QED) is 0.00979. The number of methoxy groups -OCH3 is 1. The minimum absolute atomic E-state index is 0.0113. The summed E-state index contributed by atoms with van der Waals surface area (Å²) in [7, 11) is -11.1. The van der Waals surface area contributed by atoms with E-state index < -0.39 is 52.9 Å². The Hall–Kier alpha value is -3.84. The Morgan fingerprint density at radius 2 is 1.33 bits per heavy atom. The summed E-state index contributed by atoms with van der Waals surface area (Å²) in [5.41, 5.74) is -0.0589. The Labute approximate surface area is 352 Å². The Morgan fingerprint density at radius 1 is 0.717 bits per heavy atom. The van der Waals surface area contributed by atoms with E-state index in [4.69, 9.17) is 28.9 Å². The van der Waals surface area contributed by atoms with E-state index in [1.165, 1.54) is 68.6 Å². The first kappa shape index (κ1) is 48.8. The first-order chi connectivity index (χ1) is 28.5. The molecule has 0 aromatic heterocycles. The first-order valence-electron chi connectivity index (χ1n) is 15.8. The zero-order valence-electron chi connectivity index (χ0n) is 30.3. The first-order valence-corrected chi connectivity index (χ1v) is 22.8. The van der Waals surface area contributed by atoms with Crippen LogP contribution in [0.2, 0.25) is 0 Å². The lowest BCUT2D eigenvalue weighted by Crippen LogP contribution is -2.13. The Kier molecular flexibility index (Phi) is 18.6. The maximum Gasteiger partial charge on any atom is 0.283 e. The van der Waals surface area contributed by atoms with Gasteiger partial charge in [-0.1, -0.05) is 15.1 Å². The van der Waals surface area contributed by atoms with Gasteiger partial charge in [0.05, 0.1) is 69.9 Å². The van der Waals surface area contributed by atoms with Crippen LogP contribution in [0.1, 0.15) is 5.56 Å². The summed E-state index contributed by atoms with van der Waals surface area (Å²) in [5, 5.41) is 66.5. The Bertz CT molecular complexity index is 2500. The third kappa shape index (κ3) is 13.8. The number of azo groups is 2. The third-order valence-electron chi connectivity index (χ3n) is 7.42. The molecule has 0 unspecified atom stereocenters. The SMILES string of the molecule is COc1cc(S(=O)(=O)CCOSOOO)c(C)cc1N=Nc1c(SOOO)cc2c(N=Nc3ccc(S(=O)(=O)CCOSOOO)cc3)c(NCS(=O)(=O)O)ccc2c1O. The highest BCUT2D eigenvalue weighted by atomic mass is 32.2. The number of ether oxygens (including phenoxy) is 1. The second-order valence-corrected chi connectivity index (χ2v) is 18.5. The van der Waals surface area contributed by atoms with Crippen LogP contribution in [-0.2, 0) is 66.3 Å². The van der Waals surface area contributed by atoms with Crippen molar-refractivity contribution in [1.82, 2.24) is 0 Å². The summed E-state index contributed by atoms with van der Waals surface area (Å²) in [6.45, 7) is 0.812. The number of hydrogen-bond acceptors (Lipinski definition) is 27. The zero-order chi connectivity index (χ0) is 43.9. The molecule has 4 aromatic carbocycles.